The second-order valence-electron chi connectivity index (χ2n) is 4.24. The molecule has 0 heterocycles. The molecule has 0 unspecified atom stereocenters. The van der Waals surface area contributed by atoms with Crippen molar-refractivity contribution in [1.82, 2.24) is 4.31 Å². The number of nitriles is 2. The monoisotopic (exact) mass is 292 g/mol. The number of nitrogen functional groups attached to an aromatic ring is 1. The molecular formula is C13H16N4O2S. The van der Waals surface area contributed by atoms with Crippen LogP contribution in [0.1, 0.15) is 18.4 Å². The fourth-order valence-electron chi connectivity index (χ4n) is 1.66. The van der Waals surface area contributed by atoms with E-state index < -0.39 is 10.0 Å². The smallest absolute Gasteiger partial charge is 0.243 e. The Bertz CT molecular complexity index is 638. The second kappa shape index (κ2) is 6.90. The largest absolute Gasteiger partial charge is 0.399 e. The lowest BCUT2D eigenvalue weighted by Crippen LogP contribution is -2.32. The summed E-state index contributed by atoms with van der Waals surface area (Å²) in [6.45, 7) is 1.87. The van der Waals surface area contributed by atoms with Crippen molar-refractivity contribution >= 4 is 15.7 Å². The molecule has 0 aliphatic carbocycles. The molecule has 1 aromatic rings. The zero-order chi connectivity index (χ0) is 15.2. The molecule has 0 atom stereocenters. The van der Waals surface area contributed by atoms with E-state index in [4.69, 9.17) is 16.3 Å². The van der Waals surface area contributed by atoms with Crippen molar-refractivity contribution in [1.29, 1.82) is 10.5 Å². The quantitative estimate of drug-likeness (QED) is 0.796. The summed E-state index contributed by atoms with van der Waals surface area (Å²) in [6, 6.07) is 8.29. The molecule has 0 amide bonds. The molecule has 0 radical (unpaired) electrons. The van der Waals surface area contributed by atoms with Crippen molar-refractivity contribution in [2.24, 2.45) is 0 Å². The Hall–Kier alpha value is -2.09. The average Bonchev–Trinajstić information content (AvgIpc) is 2.41. The fourth-order valence-corrected chi connectivity index (χ4v) is 3.19. The van der Waals surface area contributed by atoms with Crippen molar-refractivity contribution in [3.8, 4) is 12.1 Å². The number of nitrogens with zero attached hydrogens (tertiary/aromatic N) is 3. The number of sulfonamides is 1. The van der Waals surface area contributed by atoms with Gasteiger partial charge in [0, 0.05) is 31.6 Å². The van der Waals surface area contributed by atoms with Gasteiger partial charge in [-0.05, 0) is 30.7 Å². The van der Waals surface area contributed by atoms with Crippen LogP contribution in [0.3, 0.4) is 0 Å². The Kier molecular flexibility index (Phi) is 5.51. The standard InChI is InChI=1S/C13H16N4O2S/c1-11-10-12(4-5-13(11)16)20(18,19)17(8-2-6-14)9-3-7-15/h4-5,10H,2-3,8-9,16H2,1H3. The van der Waals surface area contributed by atoms with E-state index in [0.29, 0.717) is 11.3 Å². The Morgan fingerprint density at radius 2 is 1.75 bits per heavy atom. The lowest BCUT2D eigenvalue weighted by molar-refractivity contribution is 0.425. The van der Waals surface area contributed by atoms with Crippen LogP contribution in [-0.4, -0.2) is 25.8 Å². The molecule has 1 aromatic carbocycles. The van der Waals surface area contributed by atoms with Gasteiger partial charge in [-0.3, -0.25) is 0 Å². The third-order valence-corrected chi connectivity index (χ3v) is 4.72. The highest BCUT2D eigenvalue weighted by Crippen LogP contribution is 2.21. The van der Waals surface area contributed by atoms with Crippen LogP contribution in [0.2, 0.25) is 0 Å². The molecular weight excluding hydrogens is 276 g/mol. The van der Waals surface area contributed by atoms with E-state index in [0.717, 1.165) is 4.31 Å². The van der Waals surface area contributed by atoms with Gasteiger partial charge in [-0.1, -0.05) is 0 Å². The Morgan fingerprint density at radius 3 is 2.20 bits per heavy atom. The normalized spacial score (nSPS) is 11.0. The first kappa shape index (κ1) is 16.0. The van der Waals surface area contributed by atoms with Gasteiger partial charge < -0.3 is 5.73 Å². The topological polar surface area (TPSA) is 111 Å². The number of hydrogen-bond donors (Lipinski definition) is 1. The number of hydrogen-bond acceptors (Lipinski definition) is 5. The molecule has 2 N–H and O–H groups in total. The second-order valence-corrected chi connectivity index (χ2v) is 6.18. The van der Waals surface area contributed by atoms with E-state index >= 15 is 0 Å². The van der Waals surface area contributed by atoms with Crippen LogP contribution in [0.5, 0.6) is 0 Å². The van der Waals surface area contributed by atoms with Crippen LogP contribution in [0.4, 0.5) is 5.69 Å². The Balaban J connectivity index is 3.11. The van der Waals surface area contributed by atoms with Crippen LogP contribution >= 0.6 is 0 Å². The first-order chi connectivity index (χ1) is 9.43. The molecule has 7 heteroatoms. The lowest BCUT2D eigenvalue weighted by Gasteiger charge is -2.20. The van der Waals surface area contributed by atoms with Gasteiger partial charge in [-0.2, -0.15) is 14.8 Å². The van der Waals surface area contributed by atoms with Gasteiger partial charge in [0.05, 0.1) is 17.0 Å². The van der Waals surface area contributed by atoms with Crippen LogP contribution < -0.4 is 5.73 Å². The zero-order valence-corrected chi connectivity index (χ0v) is 12.0. The van der Waals surface area contributed by atoms with Gasteiger partial charge in [0.15, 0.2) is 0 Å². The lowest BCUT2D eigenvalue weighted by atomic mass is 10.2. The van der Waals surface area contributed by atoms with Crippen molar-refractivity contribution < 1.29 is 8.42 Å². The van der Waals surface area contributed by atoms with E-state index in [-0.39, 0.29) is 30.8 Å². The molecule has 0 bridgehead atoms. The van der Waals surface area contributed by atoms with Gasteiger partial charge in [-0.15, -0.1) is 0 Å². The first-order valence-corrected chi connectivity index (χ1v) is 7.47. The minimum atomic E-state index is -3.71. The third kappa shape index (κ3) is 3.70. The molecule has 1 rings (SSSR count). The molecule has 20 heavy (non-hydrogen) atoms. The van der Waals surface area contributed by atoms with Gasteiger partial charge in [0.1, 0.15) is 0 Å². The summed E-state index contributed by atoms with van der Waals surface area (Å²) in [5.74, 6) is 0. The van der Waals surface area contributed by atoms with Crippen LogP contribution in [0.15, 0.2) is 23.1 Å². The van der Waals surface area contributed by atoms with Crippen molar-refractivity contribution in [3.63, 3.8) is 0 Å². The highest BCUT2D eigenvalue weighted by Gasteiger charge is 2.24. The molecule has 0 spiro atoms. The number of anilines is 1. The van der Waals surface area contributed by atoms with Crippen molar-refractivity contribution in [2.45, 2.75) is 24.7 Å². The van der Waals surface area contributed by atoms with E-state index in [1.807, 2.05) is 12.1 Å². The van der Waals surface area contributed by atoms with E-state index in [9.17, 15) is 8.42 Å². The maximum Gasteiger partial charge on any atom is 0.243 e. The highest BCUT2D eigenvalue weighted by atomic mass is 32.2. The van der Waals surface area contributed by atoms with Crippen LogP contribution in [0, 0.1) is 29.6 Å². The van der Waals surface area contributed by atoms with E-state index in [1.165, 1.54) is 18.2 Å². The van der Waals surface area contributed by atoms with Crippen molar-refractivity contribution in [2.75, 3.05) is 18.8 Å². The number of rotatable bonds is 6. The summed E-state index contributed by atoms with van der Waals surface area (Å²) in [5.41, 5.74) is 6.86. The maximum atomic E-state index is 12.5. The predicted octanol–water partition coefficient (Wildman–Crippen LogP) is 1.40. The fraction of sp³-hybridized carbons (Fsp3) is 0.385. The maximum absolute atomic E-state index is 12.5. The third-order valence-electron chi connectivity index (χ3n) is 2.83. The minimum absolute atomic E-state index is 0.0734. The Labute approximate surface area is 119 Å². The summed E-state index contributed by atoms with van der Waals surface area (Å²) < 4.78 is 26.1. The number of aryl methyl sites for hydroxylation is 1. The van der Waals surface area contributed by atoms with E-state index in [2.05, 4.69) is 0 Å². The first-order valence-electron chi connectivity index (χ1n) is 6.03. The summed E-state index contributed by atoms with van der Waals surface area (Å²) in [4.78, 5) is 0.125. The molecule has 0 saturated heterocycles. The predicted molar refractivity (Wildman–Crippen MR) is 74.8 cm³/mol. The molecule has 0 aromatic heterocycles. The molecule has 106 valence electrons. The molecule has 0 saturated carbocycles. The highest BCUT2D eigenvalue weighted by molar-refractivity contribution is 7.89. The Morgan fingerprint density at radius 1 is 1.20 bits per heavy atom. The summed E-state index contributed by atoms with van der Waals surface area (Å²) in [6.07, 6.45) is 0.164. The zero-order valence-electron chi connectivity index (χ0n) is 11.2. The van der Waals surface area contributed by atoms with Gasteiger partial charge in [0.25, 0.3) is 0 Å². The minimum Gasteiger partial charge on any atom is -0.399 e. The summed E-state index contributed by atoms with van der Waals surface area (Å²) in [5, 5.41) is 17.2. The molecule has 0 fully saturated rings. The average molecular weight is 292 g/mol. The number of nitrogens with two attached hydrogens (primary N) is 1. The van der Waals surface area contributed by atoms with E-state index in [1.54, 1.807) is 6.92 Å². The summed E-state index contributed by atoms with van der Waals surface area (Å²) in [7, 11) is -3.71. The SMILES string of the molecule is Cc1cc(S(=O)(=O)N(CCC#N)CCC#N)ccc1N. The van der Waals surface area contributed by atoms with Crippen LogP contribution in [0.25, 0.3) is 0 Å². The molecule has 0 aliphatic heterocycles. The van der Waals surface area contributed by atoms with Gasteiger partial charge in [-0.25, -0.2) is 8.42 Å². The van der Waals surface area contributed by atoms with Gasteiger partial charge >= 0.3 is 0 Å². The molecule has 6 nitrogen and oxygen atoms in total. The van der Waals surface area contributed by atoms with Crippen LogP contribution in [-0.2, 0) is 10.0 Å². The summed E-state index contributed by atoms with van der Waals surface area (Å²) >= 11 is 0. The number of benzene rings is 1. The molecule has 0 aliphatic rings. The van der Waals surface area contributed by atoms with Crippen molar-refractivity contribution in [3.05, 3.63) is 23.8 Å². The van der Waals surface area contributed by atoms with Gasteiger partial charge in [0.2, 0.25) is 10.0 Å².